The molecule has 1 rings (SSSR count). The first kappa shape index (κ1) is 19.8. The summed E-state index contributed by atoms with van der Waals surface area (Å²) >= 11 is 5.09. The van der Waals surface area contributed by atoms with Gasteiger partial charge in [0, 0.05) is 24.4 Å². The van der Waals surface area contributed by atoms with E-state index in [2.05, 4.69) is 0 Å². The van der Waals surface area contributed by atoms with Crippen LogP contribution in [0.4, 0.5) is 4.79 Å². The quantitative estimate of drug-likeness (QED) is 0.781. The normalized spacial score (nSPS) is 16.5. The lowest BCUT2D eigenvalue weighted by molar-refractivity contribution is -0.124. The molecule has 6 heteroatoms. The van der Waals surface area contributed by atoms with Crippen molar-refractivity contribution in [2.45, 2.75) is 53.4 Å². The smallest absolute Gasteiger partial charge is 0.407 e. The second-order valence-corrected chi connectivity index (χ2v) is 6.58. The van der Waals surface area contributed by atoms with E-state index in [4.69, 9.17) is 23.1 Å². The van der Waals surface area contributed by atoms with Gasteiger partial charge in [-0.1, -0.05) is 33.0 Å². The van der Waals surface area contributed by atoms with Crippen molar-refractivity contribution in [2.24, 2.45) is 17.1 Å². The number of hydrogen-bond donors (Lipinski definition) is 2. The van der Waals surface area contributed by atoms with Crippen LogP contribution in [0.1, 0.15) is 53.4 Å². The minimum absolute atomic E-state index is 0.144. The summed E-state index contributed by atoms with van der Waals surface area (Å²) in [5.74, 6) is -0.401. The third-order valence-corrected chi connectivity index (χ3v) is 4.68. The highest BCUT2D eigenvalue weighted by molar-refractivity contribution is 7.80. The number of piperidine rings is 1. The Balaban J connectivity index is 0.000000394. The maximum atomic E-state index is 11.0. The molecule has 0 radical (unpaired) electrons. The average molecular weight is 316 g/mol. The third kappa shape index (κ3) is 6.42. The van der Waals surface area contributed by atoms with Gasteiger partial charge in [-0.15, -0.1) is 0 Å². The molecular weight excluding hydrogens is 288 g/mol. The van der Waals surface area contributed by atoms with Crippen LogP contribution in [0.5, 0.6) is 0 Å². The van der Waals surface area contributed by atoms with Gasteiger partial charge in [-0.3, -0.25) is 4.79 Å². The molecule has 0 spiro atoms. The van der Waals surface area contributed by atoms with Gasteiger partial charge in [-0.25, -0.2) is 4.79 Å². The maximum absolute atomic E-state index is 11.0. The summed E-state index contributed by atoms with van der Waals surface area (Å²) in [6, 6.07) is 0. The Morgan fingerprint density at radius 3 is 1.95 bits per heavy atom. The van der Waals surface area contributed by atoms with E-state index < -0.39 is 6.09 Å². The fourth-order valence-corrected chi connectivity index (χ4v) is 2.54. The molecule has 5 nitrogen and oxygen atoms in total. The van der Waals surface area contributed by atoms with E-state index >= 15 is 0 Å². The Kier molecular flexibility index (Phi) is 8.47. The molecule has 122 valence electrons. The summed E-state index contributed by atoms with van der Waals surface area (Å²) in [6.45, 7) is 9.21. The van der Waals surface area contributed by atoms with E-state index in [1.807, 2.05) is 27.7 Å². The number of rotatable bonds is 4. The average Bonchev–Trinajstić information content (AvgIpc) is 2.40. The van der Waals surface area contributed by atoms with Crippen molar-refractivity contribution in [3.05, 3.63) is 0 Å². The van der Waals surface area contributed by atoms with Gasteiger partial charge in [0.2, 0.25) is 5.91 Å². The molecule has 0 saturated carbocycles. The van der Waals surface area contributed by atoms with Crippen molar-refractivity contribution in [1.29, 1.82) is 0 Å². The van der Waals surface area contributed by atoms with E-state index in [0.717, 1.165) is 37.2 Å². The fourth-order valence-electron chi connectivity index (χ4n) is 2.40. The Hall–Kier alpha value is -1.17. The number of nitrogens with two attached hydrogens (primary N) is 1. The fraction of sp³-hybridized carbons (Fsp3) is 0.800. The Morgan fingerprint density at radius 2 is 1.76 bits per heavy atom. The van der Waals surface area contributed by atoms with Crippen molar-refractivity contribution in [3.63, 3.8) is 0 Å². The molecule has 1 heterocycles. The predicted molar refractivity (Wildman–Crippen MR) is 88.5 cm³/mol. The second kappa shape index (κ2) is 8.97. The van der Waals surface area contributed by atoms with Gasteiger partial charge in [0.05, 0.1) is 0 Å². The minimum Gasteiger partial charge on any atom is -0.465 e. The van der Waals surface area contributed by atoms with Gasteiger partial charge < -0.3 is 15.7 Å². The third-order valence-electron chi connectivity index (χ3n) is 4.16. The van der Waals surface area contributed by atoms with Gasteiger partial charge in [-0.05, 0) is 37.5 Å². The molecule has 1 saturated heterocycles. The van der Waals surface area contributed by atoms with Gasteiger partial charge >= 0.3 is 6.09 Å². The van der Waals surface area contributed by atoms with Crippen LogP contribution < -0.4 is 5.73 Å². The Morgan fingerprint density at radius 1 is 1.29 bits per heavy atom. The van der Waals surface area contributed by atoms with Crippen molar-refractivity contribution >= 4 is 29.1 Å². The van der Waals surface area contributed by atoms with Crippen LogP contribution in [0.3, 0.4) is 0 Å². The first-order valence-electron chi connectivity index (χ1n) is 7.42. The number of primary amides is 1. The van der Waals surface area contributed by atoms with Gasteiger partial charge in [0.1, 0.15) is 0 Å². The zero-order valence-corrected chi connectivity index (χ0v) is 14.3. The lowest BCUT2D eigenvalue weighted by atomic mass is 9.75. The molecule has 21 heavy (non-hydrogen) atoms. The first-order valence-corrected chi connectivity index (χ1v) is 7.83. The summed E-state index contributed by atoms with van der Waals surface area (Å²) < 4.78 is 0. The summed E-state index contributed by atoms with van der Waals surface area (Å²) in [5, 5.41) is 8.46. The molecule has 0 aliphatic carbocycles. The lowest BCUT2D eigenvalue weighted by Gasteiger charge is -2.30. The summed E-state index contributed by atoms with van der Waals surface area (Å²) in [6.07, 6.45) is 3.23. The molecule has 1 aliphatic rings. The SMILES string of the molecule is CCC(C(N)=O)C(C)(C)C(C)=S.O=C(O)N1CCCCC1. The van der Waals surface area contributed by atoms with E-state index in [9.17, 15) is 9.59 Å². The predicted octanol–water partition coefficient (Wildman–Crippen LogP) is 3.06. The number of thiocarbonyl (C=S) groups is 1. The van der Waals surface area contributed by atoms with Gasteiger partial charge in [0.15, 0.2) is 0 Å². The molecule has 2 amide bonds. The molecule has 1 fully saturated rings. The molecule has 0 aromatic heterocycles. The standard InChI is InChI=1S/C9H17NOS.C6H11NO2/c1-5-7(8(10)11)9(3,4)6(2)12;8-6(9)7-4-2-1-3-5-7/h7H,5H2,1-4H3,(H2,10,11);1-5H2,(H,8,9). The van der Waals surface area contributed by atoms with Crippen LogP contribution in [0.25, 0.3) is 0 Å². The highest BCUT2D eigenvalue weighted by Crippen LogP contribution is 2.30. The summed E-state index contributed by atoms with van der Waals surface area (Å²) in [7, 11) is 0. The van der Waals surface area contributed by atoms with Crippen LogP contribution in [0.15, 0.2) is 0 Å². The van der Waals surface area contributed by atoms with Crippen LogP contribution in [0.2, 0.25) is 0 Å². The van der Waals surface area contributed by atoms with Gasteiger partial charge in [-0.2, -0.15) is 0 Å². The largest absolute Gasteiger partial charge is 0.465 e. The lowest BCUT2D eigenvalue weighted by Crippen LogP contribution is -2.39. The molecule has 0 aromatic carbocycles. The summed E-state index contributed by atoms with van der Waals surface area (Å²) in [5.41, 5.74) is 5.02. The van der Waals surface area contributed by atoms with E-state index in [0.29, 0.717) is 0 Å². The molecule has 1 aliphatic heterocycles. The number of amides is 2. The van der Waals surface area contributed by atoms with Crippen molar-refractivity contribution in [1.82, 2.24) is 4.90 Å². The highest BCUT2D eigenvalue weighted by Gasteiger charge is 2.33. The number of hydrogen-bond acceptors (Lipinski definition) is 3. The number of carboxylic acid groups (broad SMARTS) is 1. The van der Waals surface area contributed by atoms with Crippen LogP contribution in [-0.4, -0.2) is 40.0 Å². The van der Waals surface area contributed by atoms with Crippen molar-refractivity contribution in [3.8, 4) is 0 Å². The molecular formula is C15H28N2O3S. The van der Waals surface area contributed by atoms with Crippen LogP contribution in [-0.2, 0) is 4.79 Å². The minimum atomic E-state index is -0.769. The van der Waals surface area contributed by atoms with E-state index in [-0.39, 0.29) is 17.2 Å². The first-order chi connectivity index (χ1) is 9.64. The molecule has 1 atom stereocenters. The Bertz CT molecular complexity index is 377. The van der Waals surface area contributed by atoms with Crippen molar-refractivity contribution in [2.75, 3.05) is 13.1 Å². The second-order valence-electron chi connectivity index (χ2n) is 5.97. The number of carbonyl (C=O) groups excluding carboxylic acids is 1. The summed E-state index contributed by atoms with van der Waals surface area (Å²) in [4.78, 5) is 23.6. The molecule has 0 aromatic rings. The number of carbonyl (C=O) groups is 2. The zero-order valence-electron chi connectivity index (χ0n) is 13.5. The molecule has 3 N–H and O–H groups in total. The maximum Gasteiger partial charge on any atom is 0.407 e. The van der Waals surface area contributed by atoms with Gasteiger partial charge in [0.25, 0.3) is 0 Å². The topological polar surface area (TPSA) is 83.6 Å². The highest BCUT2D eigenvalue weighted by atomic mass is 32.1. The monoisotopic (exact) mass is 316 g/mol. The van der Waals surface area contributed by atoms with Crippen LogP contribution in [0, 0.1) is 11.3 Å². The van der Waals surface area contributed by atoms with Crippen molar-refractivity contribution < 1.29 is 14.7 Å². The van der Waals surface area contributed by atoms with Crippen LogP contribution >= 0.6 is 12.2 Å². The molecule has 0 bridgehead atoms. The zero-order chi connectivity index (χ0) is 16.6. The number of likely N-dealkylation sites (tertiary alicyclic amines) is 1. The molecule has 1 unspecified atom stereocenters. The number of nitrogens with zero attached hydrogens (tertiary/aromatic N) is 1. The Labute approximate surface area is 132 Å². The van der Waals surface area contributed by atoms with E-state index in [1.54, 1.807) is 0 Å². The van der Waals surface area contributed by atoms with E-state index in [1.165, 1.54) is 11.3 Å².